The van der Waals surface area contributed by atoms with Gasteiger partial charge in [-0.05, 0) is 59.0 Å². The van der Waals surface area contributed by atoms with Crippen LogP contribution in [0.1, 0.15) is 41.8 Å². The minimum Gasteiger partial charge on any atom is -0.293 e. The van der Waals surface area contributed by atoms with Gasteiger partial charge in [0.2, 0.25) is 0 Å². The number of hydrogen-bond acceptors (Lipinski definition) is 2. The molecule has 3 atom stereocenters. The molecule has 1 heterocycles. The molecule has 0 radical (unpaired) electrons. The molecule has 0 aliphatic heterocycles. The molecule has 0 aromatic carbocycles. The minimum atomic E-state index is 0.355. The molecular formula is C13H15BrOS. The Morgan fingerprint density at radius 1 is 1.44 bits per heavy atom. The highest BCUT2D eigenvalue weighted by atomic mass is 79.9. The average molecular weight is 299 g/mol. The molecule has 2 aliphatic carbocycles. The summed E-state index contributed by atoms with van der Waals surface area (Å²) in [7, 11) is 0. The Balaban J connectivity index is 1.65. The topological polar surface area (TPSA) is 17.1 Å². The van der Waals surface area contributed by atoms with Crippen LogP contribution in [0.25, 0.3) is 0 Å². The van der Waals surface area contributed by atoms with E-state index in [1.54, 1.807) is 11.3 Å². The van der Waals surface area contributed by atoms with Gasteiger partial charge in [0.1, 0.15) is 0 Å². The molecule has 2 bridgehead atoms. The van der Waals surface area contributed by atoms with Crippen LogP contribution in [-0.4, -0.2) is 5.78 Å². The first kappa shape index (κ1) is 11.0. The smallest absolute Gasteiger partial charge is 0.173 e. The zero-order valence-corrected chi connectivity index (χ0v) is 11.5. The van der Waals surface area contributed by atoms with E-state index in [1.807, 2.05) is 11.4 Å². The van der Waals surface area contributed by atoms with E-state index in [1.165, 1.54) is 25.7 Å². The van der Waals surface area contributed by atoms with E-state index in [0.717, 1.165) is 27.6 Å². The molecule has 0 saturated heterocycles. The van der Waals surface area contributed by atoms with E-state index < -0.39 is 0 Å². The Hall–Kier alpha value is -0.150. The summed E-state index contributed by atoms with van der Waals surface area (Å²) in [6, 6.07) is 1.96. The predicted octanol–water partition coefficient (Wildman–Crippen LogP) is 4.52. The van der Waals surface area contributed by atoms with E-state index >= 15 is 0 Å². The second kappa shape index (κ2) is 4.26. The Labute approximate surface area is 108 Å². The number of Topliss-reactive ketones (excluding diaryl/α,β-unsaturated/α-hetero) is 1. The highest BCUT2D eigenvalue weighted by Gasteiger charge is 2.40. The SMILES string of the molecule is O=C(CC1CC2CCC1C2)c1cc(Br)cs1. The van der Waals surface area contributed by atoms with Gasteiger partial charge in [0.15, 0.2) is 5.78 Å². The van der Waals surface area contributed by atoms with Crippen LogP contribution in [0.3, 0.4) is 0 Å². The van der Waals surface area contributed by atoms with Crippen molar-refractivity contribution in [3.05, 3.63) is 20.8 Å². The van der Waals surface area contributed by atoms with Crippen LogP contribution >= 0.6 is 27.3 Å². The van der Waals surface area contributed by atoms with Gasteiger partial charge in [0, 0.05) is 16.3 Å². The molecule has 2 aliphatic rings. The molecule has 1 nitrogen and oxygen atoms in total. The Morgan fingerprint density at radius 3 is 2.88 bits per heavy atom. The molecule has 2 fully saturated rings. The largest absolute Gasteiger partial charge is 0.293 e. The summed E-state index contributed by atoms with van der Waals surface area (Å²) in [5, 5.41) is 1.99. The maximum absolute atomic E-state index is 12.1. The fourth-order valence-corrected chi connectivity index (χ4v) is 4.80. The van der Waals surface area contributed by atoms with Gasteiger partial charge in [-0.15, -0.1) is 11.3 Å². The van der Waals surface area contributed by atoms with Crippen molar-refractivity contribution in [1.29, 1.82) is 0 Å². The van der Waals surface area contributed by atoms with E-state index in [2.05, 4.69) is 15.9 Å². The van der Waals surface area contributed by atoms with Crippen LogP contribution in [0.5, 0.6) is 0 Å². The molecule has 0 amide bonds. The molecule has 86 valence electrons. The van der Waals surface area contributed by atoms with Crippen molar-refractivity contribution >= 4 is 33.0 Å². The summed E-state index contributed by atoms with van der Waals surface area (Å²) in [5.41, 5.74) is 0. The molecule has 1 aromatic rings. The van der Waals surface area contributed by atoms with Crippen molar-refractivity contribution in [3.63, 3.8) is 0 Å². The first-order valence-electron chi connectivity index (χ1n) is 5.99. The summed E-state index contributed by atoms with van der Waals surface area (Å²) < 4.78 is 1.04. The molecule has 3 heteroatoms. The van der Waals surface area contributed by atoms with Crippen LogP contribution in [-0.2, 0) is 0 Å². The number of hydrogen-bond donors (Lipinski definition) is 0. The van der Waals surface area contributed by atoms with Crippen LogP contribution in [0.2, 0.25) is 0 Å². The number of carbonyl (C=O) groups is 1. The third kappa shape index (κ3) is 2.00. The minimum absolute atomic E-state index is 0.355. The number of ketones is 1. The quantitative estimate of drug-likeness (QED) is 0.750. The number of carbonyl (C=O) groups excluding carboxylic acids is 1. The second-order valence-corrected chi connectivity index (χ2v) is 7.02. The average Bonchev–Trinajstić information content (AvgIpc) is 2.92. The highest BCUT2D eigenvalue weighted by molar-refractivity contribution is 9.10. The molecule has 0 N–H and O–H groups in total. The Kier molecular flexibility index (Phi) is 2.92. The maximum atomic E-state index is 12.1. The molecule has 2 saturated carbocycles. The normalized spacial score (nSPS) is 32.2. The van der Waals surface area contributed by atoms with Gasteiger partial charge in [0.05, 0.1) is 4.88 Å². The zero-order chi connectivity index (χ0) is 11.1. The monoisotopic (exact) mass is 298 g/mol. The number of halogens is 1. The number of thiophene rings is 1. The molecule has 3 rings (SSSR count). The highest BCUT2D eigenvalue weighted by Crippen LogP contribution is 2.49. The zero-order valence-electron chi connectivity index (χ0n) is 9.12. The molecule has 3 unspecified atom stereocenters. The van der Waals surface area contributed by atoms with Gasteiger partial charge in [-0.3, -0.25) is 4.79 Å². The molecule has 0 spiro atoms. The summed E-state index contributed by atoms with van der Waals surface area (Å²) in [6.07, 6.45) is 6.28. The van der Waals surface area contributed by atoms with E-state index in [4.69, 9.17) is 0 Å². The van der Waals surface area contributed by atoms with Crippen molar-refractivity contribution < 1.29 is 4.79 Å². The lowest BCUT2D eigenvalue weighted by atomic mass is 9.85. The van der Waals surface area contributed by atoms with Crippen molar-refractivity contribution in [1.82, 2.24) is 0 Å². The van der Waals surface area contributed by atoms with Crippen LogP contribution in [0, 0.1) is 17.8 Å². The van der Waals surface area contributed by atoms with Crippen molar-refractivity contribution in [3.8, 4) is 0 Å². The van der Waals surface area contributed by atoms with Gasteiger partial charge >= 0.3 is 0 Å². The Bertz CT molecular complexity index is 412. The van der Waals surface area contributed by atoms with Crippen LogP contribution in [0.4, 0.5) is 0 Å². The van der Waals surface area contributed by atoms with Gasteiger partial charge in [0.25, 0.3) is 0 Å². The van der Waals surface area contributed by atoms with E-state index in [9.17, 15) is 4.79 Å². The first-order chi connectivity index (χ1) is 7.72. The fraction of sp³-hybridized carbons (Fsp3) is 0.615. The van der Waals surface area contributed by atoms with Crippen molar-refractivity contribution in [2.45, 2.75) is 32.1 Å². The van der Waals surface area contributed by atoms with Crippen LogP contribution in [0.15, 0.2) is 15.9 Å². The fourth-order valence-electron chi connectivity index (χ4n) is 3.42. The van der Waals surface area contributed by atoms with Gasteiger partial charge < -0.3 is 0 Å². The van der Waals surface area contributed by atoms with Crippen molar-refractivity contribution in [2.24, 2.45) is 17.8 Å². The number of fused-ring (bicyclic) bond motifs is 2. The van der Waals surface area contributed by atoms with E-state index in [-0.39, 0.29) is 0 Å². The Morgan fingerprint density at radius 2 is 2.31 bits per heavy atom. The first-order valence-corrected chi connectivity index (χ1v) is 7.67. The van der Waals surface area contributed by atoms with Gasteiger partial charge in [-0.1, -0.05) is 6.42 Å². The van der Waals surface area contributed by atoms with Crippen molar-refractivity contribution in [2.75, 3.05) is 0 Å². The second-order valence-electron chi connectivity index (χ2n) is 5.19. The third-order valence-electron chi connectivity index (χ3n) is 4.17. The van der Waals surface area contributed by atoms with E-state index in [0.29, 0.717) is 11.7 Å². The molecular weight excluding hydrogens is 284 g/mol. The predicted molar refractivity (Wildman–Crippen MR) is 69.9 cm³/mol. The molecule has 1 aromatic heterocycles. The standard InChI is InChI=1S/C13H15BrOS/c14-11-6-13(16-7-11)12(15)5-10-4-8-1-2-9(10)3-8/h6-10H,1-5H2. The maximum Gasteiger partial charge on any atom is 0.173 e. The lowest BCUT2D eigenvalue weighted by molar-refractivity contribution is 0.0948. The van der Waals surface area contributed by atoms with Gasteiger partial charge in [-0.25, -0.2) is 0 Å². The van der Waals surface area contributed by atoms with Gasteiger partial charge in [-0.2, -0.15) is 0 Å². The lowest BCUT2D eigenvalue weighted by Crippen LogP contribution is -2.14. The summed E-state index contributed by atoms with van der Waals surface area (Å²) in [4.78, 5) is 13.0. The summed E-state index contributed by atoms with van der Waals surface area (Å²) in [5.74, 6) is 2.84. The molecule has 16 heavy (non-hydrogen) atoms. The van der Waals surface area contributed by atoms with Crippen LogP contribution < -0.4 is 0 Å². The summed E-state index contributed by atoms with van der Waals surface area (Å²) >= 11 is 4.97. The summed E-state index contributed by atoms with van der Waals surface area (Å²) in [6.45, 7) is 0. The number of rotatable bonds is 3. The third-order valence-corrected chi connectivity index (χ3v) is 5.91. The lowest BCUT2D eigenvalue weighted by Gasteiger charge is -2.20.